The first-order valence-electron chi connectivity index (χ1n) is 8.18. The summed E-state index contributed by atoms with van der Waals surface area (Å²) in [7, 11) is 0. The van der Waals surface area contributed by atoms with Crippen molar-refractivity contribution >= 4 is 29.4 Å². The highest BCUT2D eigenvalue weighted by Crippen LogP contribution is 2.39. The number of nitrogens with zero attached hydrogens (tertiary/aromatic N) is 1. The monoisotopic (exact) mass is 335 g/mol. The number of aryl methyl sites for hydroxylation is 1. The van der Waals surface area contributed by atoms with Crippen LogP contribution in [0.3, 0.4) is 0 Å². The summed E-state index contributed by atoms with van der Waals surface area (Å²) in [6, 6.07) is 9.66. The van der Waals surface area contributed by atoms with Crippen LogP contribution in [0.5, 0.6) is 0 Å². The van der Waals surface area contributed by atoms with Gasteiger partial charge >= 0.3 is 0 Å². The number of carbonyl (C=O) groups is 1. The third-order valence-electron chi connectivity index (χ3n) is 5.10. The summed E-state index contributed by atoms with van der Waals surface area (Å²) < 4.78 is 0. The highest BCUT2D eigenvalue weighted by molar-refractivity contribution is 7.99. The van der Waals surface area contributed by atoms with E-state index in [0.29, 0.717) is 24.4 Å². The van der Waals surface area contributed by atoms with Crippen molar-refractivity contribution in [2.75, 3.05) is 12.5 Å². The van der Waals surface area contributed by atoms with Crippen molar-refractivity contribution in [3.8, 4) is 0 Å². The number of amides is 1. The van der Waals surface area contributed by atoms with Gasteiger partial charge in [-0.1, -0.05) is 12.1 Å². The van der Waals surface area contributed by atoms with E-state index in [9.17, 15) is 4.79 Å². The summed E-state index contributed by atoms with van der Waals surface area (Å²) in [4.78, 5) is 16.2. The smallest absolute Gasteiger partial charge is 0.223 e. The van der Waals surface area contributed by atoms with Gasteiger partial charge in [-0.25, -0.2) is 0 Å². The average molecular weight is 336 g/mol. The van der Waals surface area contributed by atoms with Gasteiger partial charge in [-0.05, 0) is 62.3 Å². The predicted molar refractivity (Wildman–Crippen MR) is 96.7 cm³/mol. The van der Waals surface area contributed by atoms with Gasteiger partial charge in [-0.2, -0.15) is 11.8 Å². The first kappa shape index (κ1) is 16.3. The average Bonchev–Trinajstić information content (AvgIpc) is 2.83. The molecule has 2 unspecified atom stereocenters. The molecule has 2 aliphatic rings. The van der Waals surface area contributed by atoms with Crippen LogP contribution < -0.4 is 0 Å². The van der Waals surface area contributed by atoms with Crippen LogP contribution in [0.4, 0.5) is 0 Å². The summed E-state index contributed by atoms with van der Waals surface area (Å²) in [6.07, 6.45) is 10.7. The molecule has 2 saturated heterocycles. The number of carbonyl (C=O) groups excluding carboxylic acids is 1. The van der Waals surface area contributed by atoms with E-state index in [1.807, 2.05) is 11.8 Å². The fourth-order valence-corrected chi connectivity index (χ4v) is 5.14. The molecule has 0 radical (unpaired) electrons. The van der Waals surface area contributed by atoms with Crippen LogP contribution >= 0.6 is 23.5 Å². The summed E-state index contributed by atoms with van der Waals surface area (Å²) in [5, 5.41) is 0.764. The Bertz CT molecular complexity index is 502. The van der Waals surface area contributed by atoms with Crippen molar-refractivity contribution in [2.45, 2.75) is 60.8 Å². The molecule has 22 heavy (non-hydrogen) atoms. The van der Waals surface area contributed by atoms with Crippen molar-refractivity contribution in [3.63, 3.8) is 0 Å². The Morgan fingerprint density at radius 1 is 1.14 bits per heavy atom. The number of benzene rings is 1. The first-order chi connectivity index (χ1) is 10.7. The Morgan fingerprint density at radius 3 is 2.32 bits per heavy atom. The maximum atomic E-state index is 12.7. The number of fused-ring (bicyclic) bond motifs is 2. The predicted octanol–water partition coefficient (Wildman–Crippen LogP) is 4.23. The summed E-state index contributed by atoms with van der Waals surface area (Å²) in [5.41, 5.74) is 1.28. The highest BCUT2D eigenvalue weighted by atomic mass is 32.2. The molecule has 2 atom stereocenters. The number of piperidine rings is 1. The Hall–Kier alpha value is -0.610. The lowest BCUT2D eigenvalue weighted by atomic mass is 10.0. The van der Waals surface area contributed by atoms with Crippen LogP contribution in [0.2, 0.25) is 0 Å². The van der Waals surface area contributed by atoms with E-state index >= 15 is 0 Å². The number of rotatable bonds is 5. The van der Waals surface area contributed by atoms with Crippen LogP contribution in [0, 0.1) is 0 Å². The van der Waals surface area contributed by atoms with Gasteiger partial charge in [-0.3, -0.25) is 4.79 Å². The number of hydrogen-bond acceptors (Lipinski definition) is 3. The van der Waals surface area contributed by atoms with E-state index < -0.39 is 0 Å². The lowest BCUT2D eigenvalue weighted by Crippen LogP contribution is -2.47. The molecule has 0 spiro atoms. The van der Waals surface area contributed by atoms with E-state index in [1.54, 1.807) is 11.8 Å². The van der Waals surface area contributed by atoms with Gasteiger partial charge in [0, 0.05) is 28.6 Å². The third kappa shape index (κ3) is 3.48. The third-order valence-corrected chi connectivity index (χ3v) is 6.89. The molecule has 1 aromatic rings. The lowest BCUT2D eigenvalue weighted by molar-refractivity contribution is -0.135. The molecular weight excluding hydrogens is 310 g/mol. The second-order valence-electron chi connectivity index (χ2n) is 6.36. The van der Waals surface area contributed by atoms with E-state index in [2.05, 4.69) is 41.7 Å². The maximum Gasteiger partial charge on any atom is 0.223 e. The van der Waals surface area contributed by atoms with Crippen LogP contribution in [0.15, 0.2) is 29.2 Å². The quantitative estimate of drug-likeness (QED) is 0.751. The van der Waals surface area contributed by atoms with E-state index in [4.69, 9.17) is 0 Å². The molecule has 0 aliphatic carbocycles. The van der Waals surface area contributed by atoms with E-state index in [-0.39, 0.29) is 0 Å². The van der Waals surface area contributed by atoms with E-state index in [0.717, 1.165) is 11.7 Å². The minimum Gasteiger partial charge on any atom is -0.337 e. The first-order valence-corrected chi connectivity index (χ1v) is 10.7. The highest BCUT2D eigenvalue weighted by Gasteiger charge is 2.42. The van der Waals surface area contributed by atoms with Gasteiger partial charge in [-0.15, -0.1) is 11.8 Å². The van der Waals surface area contributed by atoms with Crippen molar-refractivity contribution in [2.24, 2.45) is 0 Å². The Balaban J connectivity index is 1.56. The van der Waals surface area contributed by atoms with Crippen molar-refractivity contribution in [1.29, 1.82) is 0 Å². The second-order valence-corrected chi connectivity index (χ2v) is 8.38. The van der Waals surface area contributed by atoms with Crippen molar-refractivity contribution in [1.82, 2.24) is 4.90 Å². The number of hydrogen-bond donors (Lipinski definition) is 0. The fourth-order valence-electron chi connectivity index (χ4n) is 3.90. The molecule has 0 aromatic heterocycles. The zero-order valence-corrected chi connectivity index (χ0v) is 15.1. The lowest BCUT2D eigenvalue weighted by Gasteiger charge is -2.38. The largest absolute Gasteiger partial charge is 0.337 e. The maximum absolute atomic E-state index is 12.7. The molecule has 1 aromatic carbocycles. The molecule has 0 N–H and O–H groups in total. The standard InChI is InChI=1S/C18H25NOS2/c1-21-16-8-3-13(4-9-16)5-10-18(20)19-14-6-7-15(19)12-17(11-14)22-2/h3-4,8-9,14-15,17H,5-7,10-12H2,1-2H3. The Morgan fingerprint density at radius 2 is 1.77 bits per heavy atom. The van der Waals surface area contributed by atoms with Gasteiger partial charge in [0.1, 0.15) is 0 Å². The molecule has 2 fully saturated rings. The van der Waals surface area contributed by atoms with Gasteiger partial charge in [0.25, 0.3) is 0 Å². The fraction of sp³-hybridized carbons (Fsp3) is 0.611. The summed E-state index contributed by atoms with van der Waals surface area (Å²) >= 11 is 3.74. The van der Waals surface area contributed by atoms with Crippen molar-refractivity contribution < 1.29 is 4.79 Å². The van der Waals surface area contributed by atoms with Gasteiger partial charge < -0.3 is 4.90 Å². The molecule has 4 heteroatoms. The molecule has 2 aliphatic heterocycles. The van der Waals surface area contributed by atoms with Crippen LogP contribution in [0.1, 0.15) is 37.7 Å². The minimum atomic E-state index is 0.376. The zero-order valence-electron chi connectivity index (χ0n) is 13.5. The molecule has 3 rings (SSSR count). The SMILES string of the molecule is CSc1ccc(CCC(=O)N2C3CCC2CC(SC)C3)cc1. The Labute approximate surface area is 142 Å². The Kier molecular flexibility index (Phi) is 5.40. The molecule has 2 heterocycles. The van der Waals surface area contributed by atoms with E-state index in [1.165, 1.54) is 36.1 Å². The molecular formula is C18H25NOS2. The minimum absolute atomic E-state index is 0.376. The van der Waals surface area contributed by atoms with Crippen LogP contribution in [0.25, 0.3) is 0 Å². The van der Waals surface area contributed by atoms with Crippen LogP contribution in [-0.4, -0.2) is 40.7 Å². The van der Waals surface area contributed by atoms with Crippen LogP contribution in [-0.2, 0) is 11.2 Å². The molecule has 120 valence electrons. The molecule has 2 nitrogen and oxygen atoms in total. The molecule has 0 saturated carbocycles. The second kappa shape index (κ2) is 7.31. The number of thioether (sulfide) groups is 2. The zero-order chi connectivity index (χ0) is 15.5. The normalized spacial score (nSPS) is 27.2. The molecule has 2 bridgehead atoms. The van der Waals surface area contributed by atoms with Gasteiger partial charge in [0.15, 0.2) is 0 Å². The van der Waals surface area contributed by atoms with Gasteiger partial charge in [0.2, 0.25) is 5.91 Å². The molecule has 1 amide bonds. The summed E-state index contributed by atoms with van der Waals surface area (Å²) in [5.74, 6) is 0.376. The summed E-state index contributed by atoms with van der Waals surface area (Å²) in [6.45, 7) is 0. The topological polar surface area (TPSA) is 20.3 Å². The van der Waals surface area contributed by atoms with Gasteiger partial charge in [0.05, 0.1) is 0 Å². The van der Waals surface area contributed by atoms with Crippen molar-refractivity contribution in [3.05, 3.63) is 29.8 Å².